The van der Waals surface area contributed by atoms with E-state index in [4.69, 9.17) is 13.8 Å². The molecule has 218 valence electrons. The average Bonchev–Trinajstić information content (AvgIpc) is 3.70. The third-order valence-electron chi connectivity index (χ3n) is 9.10. The minimum Gasteiger partial charge on any atom is -0.456 e. The van der Waals surface area contributed by atoms with E-state index in [-0.39, 0.29) is 5.92 Å². The number of hydrogen-bond acceptors (Lipinski definition) is 3. The minimum absolute atomic E-state index is 0.253. The second kappa shape index (κ2) is 10.9. The fourth-order valence-electron chi connectivity index (χ4n) is 6.70. The normalized spacial score (nSPS) is 12.3. The van der Waals surface area contributed by atoms with Crippen LogP contribution < -0.4 is 0 Å². The molecule has 1 unspecified atom stereocenters. The predicted octanol–water partition coefficient (Wildman–Crippen LogP) is 11.6. The molecule has 3 heteroatoms. The molecule has 0 N–H and O–H groups in total. The lowest BCUT2D eigenvalue weighted by atomic mass is 9.85. The van der Waals surface area contributed by atoms with Crippen molar-refractivity contribution in [2.75, 3.05) is 0 Å². The van der Waals surface area contributed by atoms with Gasteiger partial charge in [0.15, 0.2) is 5.58 Å². The van der Waals surface area contributed by atoms with Crippen LogP contribution in [-0.2, 0) is 6.42 Å². The van der Waals surface area contributed by atoms with Crippen LogP contribution in [0.25, 0.3) is 66.4 Å². The van der Waals surface area contributed by atoms with E-state index in [1.54, 1.807) is 0 Å². The van der Waals surface area contributed by atoms with Crippen molar-refractivity contribution in [2.45, 2.75) is 12.3 Å². The van der Waals surface area contributed by atoms with Gasteiger partial charge in [-0.05, 0) is 75.3 Å². The van der Waals surface area contributed by atoms with Crippen LogP contribution >= 0.6 is 0 Å². The van der Waals surface area contributed by atoms with Crippen LogP contribution in [0, 0.1) is 0 Å². The topological polar surface area (TPSA) is 39.2 Å². The maximum absolute atomic E-state index is 6.37. The Hall–Kier alpha value is -5.93. The highest BCUT2D eigenvalue weighted by molar-refractivity contribution is 6.09. The summed E-state index contributed by atoms with van der Waals surface area (Å²) in [7, 11) is 0. The summed E-state index contributed by atoms with van der Waals surface area (Å²) in [4.78, 5) is 4.76. The summed E-state index contributed by atoms with van der Waals surface area (Å²) in [6, 6.07) is 55.7. The Kier molecular flexibility index (Phi) is 6.27. The van der Waals surface area contributed by atoms with E-state index in [9.17, 15) is 0 Å². The smallest absolute Gasteiger partial charge is 0.227 e. The van der Waals surface area contributed by atoms with E-state index in [0.717, 1.165) is 56.1 Å². The maximum atomic E-state index is 6.37. The van der Waals surface area contributed by atoms with Crippen LogP contribution in [0.2, 0.25) is 0 Å². The van der Waals surface area contributed by atoms with E-state index >= 15 is 0 Å². The first kappa shape index (κ1) is 26.5. The summed E-state index contributed by atoms with van der Waals surface area (Å²) in [6.45, 7) is 0. The Labute approximate surface area is 266 Å². The molecule has 2 heterocycles. The summed E-state index contributed by atoms with van der Waals surface area (Å²) >= 11 is 0. The van der Waals surface area contributed by atoms with E-state index in [2.05, 4.69) is 121 Å². The number of aromatic nitrogens is 1. The standard InChI is InChI=1S/C43H29NO2/c1-3-10-31(11-4-1)37(24-28-15-16-29-9-7-8-14-34(29)23-28)32-19-17-30(18-20-32)35-21-22-36-38-26-39-42(27-41(38)45-40(36)25-35)46-43(44-39)33-12-5-2-6-13-33/h1-23,25-27,37H,24H2. The number of hydrogen-bond donors (Lipinski definition) is 0. The SMILES string of the molecule is c1ccc(-c2nc3cc4c(cc3o2)oc2cc(-c3ccc(C(Cc5ccc6ccccc6c5)c5ccccc5)cc3)ccc24)cc1. The fraction of sp³-hybridized carbons (Fsp3) is 0.0465. The molecule has 0 bridgehead atoms. The Morgan fingerprint density at radius 1 is 0.457 bits per heavy atom. The molecule has 2 aromatic heterocycles. The Bertz CT molecular complexity index is 2490. The van der Waals surface area contributed by atoms with E-state index < -0.39 is 0 Å². The highest BCUT2D eigenvalue weighted by atomic mass is 16.4. The van der Waals surface area contributed by atoms with Gasteiger partial charge in [0.05, 0.1) is 0 Å². The third kappa shape index (κ3) is 4.74. The van der Waals surface area contributed by atoms with Crippen molar-refractivity contribution in [3.8, 4) is 22.6 Å². The van der Waals surface area contributed by atoms with Crippen molar-refractivity contribution in [2.24, 2.45) is 0 Å². The first-order chi connectivity index (χ1) is 22.7. The number of benzene rings is 7. The largest absolute Gasteiger partial charge is 0.456 e. The van der Waals surface area contributed by atoms with Gasteiger partial charge in [-0.15, -0.1) is 0 Å². The molecule has 7 aromatic carbocycles. The number of oxazole rings is 1. The summed E-state index contributed by atoms with van der Waals surface area (Å²) in [5.74, 6) is 0.869. The first-order valence-corrected chi connectivity index (χ1v) is 15.7. The van der Waals surface area contributed by atoms with E-state index in [1.165, 1.54) is 27.5 Å². The molecular formula is C43H29NO2. The minimum atomic E-state index is 0.253. The monoisotopic (exact) mass is 591 g/mol. The lowest BCUT2D eigenvalue weighted by Gasteiger charge is -2.19. The van der Waals surface area contributed by atoms with Gasteiger partial charge in [-0.1, -0.05) is 121 Å². The van der Waals surface area contributed by atoms with Gasteiger partial charge in [-0.3, -0.25) is 0 Å². The second-order valence-corrected chi connectivity index (χ2v) is 12.0. The summed E-state index contributed by atoms with van der Waals surface area (Å²) in [5, 5.41) is 4.67. The molecule has 0 fully saturated rings. The molecule has 46 heavy (non-hydrogen) atoms. The highest BCUT2D eigenvalue weighted by Crippen LogP contribution is 2.37. The van der Waals surface area contributed by atoms with Crippen LogP contribution in [-0.4, -0.2) is 4.98 Å². The van der Waals surface area contributed by atoms with Gasteiger partial charge >= 0.3 is 0 Å². The molecule has 9 aromatic rings. The number of nitrogens with zero attached hydrogens (tertiary/aromatic N) is 1. The van der Waals surface area contributed by atoms with Crippen LogP contribution in [0.4, 0.5) is 0 Å². The van der Waals surface area contributed by atoms with Crippen LogP contribution in [0.1, 0.15) is 22.6 Å². The maximum Gasteiger partial charge on any atom is 0.227 e. The van der Waals surface area contributed by atoms with Gasteiger partial charge in [-0.2, -0.15) is 0 Å². The van der Waals surface area contributed by atoms with Crippen molar-refractivity contribution < 1.29 is 8.83 Å². The van der Waals surface area contributed by atoms with Gasteiger partial charge in [0.2, 0.25) is 5.89 Å². The first-order valence-electron chi connectivity index (χ1n) is 15.7. The van der Waals surface area contributed by atoms with Gasteiger partial charge in [0.1, 0.15) is 16.7 Å². The fourth-order valence-corrected chi connectivity index (χ4v) is 6.70. The van der Waals surface area contributed by atoms with Crippen molar-refractivity contribution in [1.82, 2.24) is 4.98 Å². The lowest BCUT2D eigenvalue weighted by molar-refractivity contribution is 0.617. The Morgan fingerprint density at radius 3 is 1.98 bits per heavy atom. The number of furan rings is 1. The zero-order valence-corrected chi connectivity index (χ0v) is 25.1. The molecule has 0 saturated heterocycles. The Balaban J connectivity index is 1.04. The van der Waals surface area contributed by atoms with E-state index in [1.807, 2.05) is 36.4 Å². The lowest BCUT2D eigenvalue weighted by Crippen LogP contribution is -2.05. The summed E-state index contributed by atoms with van der Waals surface area (Å²) in [5.41, 5.74) is 10.4. The molecule has 1 atom stereocenters. The number of fused-ring (bicyclic) bond motifs is 5. The van der Waals surface area contributed by atoms with Gasteiger partial charge < -0.3 is 8.83 Å². The molecule has 0 spiro atoms. The molecule has 9 rings (SSSR count). The quantitative estimate of drug-likeness (QED) is 0.193. The summed E-state index contributed by atoms with van der Waals surface area (Å²) in [6.07, 6.45) is 0.934. The van der Waals surface area contributed by atoms with Crippen LogP contribution in [0.5, 0.6) is 0 Å². The van der Waals surface area contributed by atoms with E-state index in [0.29, 0.717) is 5.89 Å². The average molecular weight is 592 g/mol. The molecule has 0 aliphatic heterocycles. The van der Waals surface area contributed by atoms with Crippen LogP contribution in [0.15, 0.2) is 167 Å². The Morgan fingerprint density at radius 2 is 1.15 bits per heavy atom. The molecule has 0 amide bonds. The molecular weight excluding hydrogens is 562 g/mol. The van der Waals surface area contributed by atoms with Gasteiger partial charge in [0, 0.05) is 28.3 Å². The second-order valence-electron chi connectivity index (χ2n) is 12.0. The van der Waals surface area contributed by atoms with Gasteiger partial charge in [-0.25, -0.2) is 4.98 Å². The molecule has 0 saturated carbocycles. The van der Waals surface area contributed by atoms with Crippen molar-refractivity contribution >= 4 is 43.8 Å². The highest BCUT2D eigenvalue weighted by Gasteiger charge is 2.17. The van der Waals surface area contributed by atoms with Crippen molar-refractivity contribution in [3.05, 3.63) is 174 Å². The van der Waals surface area contributed by atoms with Crippen molar-refractivity contribution in [1.29, 1.82) is 0 Å². The third-order valence-corrected chi connectivity index (χ3v) is 9.10. The van der Waals surface area contributed by atoms with Crippen molar-refractivity contribution in [3.63, 3.8) is 0 Å². The molecule has 3 nitrogen and oxygen atoms in total. The molecule has 0 radical (unpaired) electrons. The summed E-state index contributed by atoms with van der Waals surface area (Å²) < 4.78 is 12.5. The predicted molar refractivity (Wildman–Crippen MR) is 188 cm³/mol. The van der Waals surface area contributed by atoms with Gasteiger partial charge in [0.25, 0.3) is 0 Å². The molecule has 0 aliphatic carbocycles. The zero-order valence-electron chi connectivity index (χ0n) is 25.1. The van der Waals surface area contributed by atoms with Crippen LogP contribution in [0.3, 0.4) is 0 Å². The molecule has 0 aliphatic rings. The number of rotatable bonds is 6. The zero-order chi connectivity index (χ0) is 30.5.